The van der Waals surface area contributed by atoms with Crippen molar-refractivity contribution >= 4 is 42.1 Å². The number of aromatic nitrogens is 1. The second-order valence-electron chi connectivity index (χ2n) is 6.76. The molecule has 0 aliphatic carbocycles. The Morgan fingerprint density at radius 1 is 1.40 bits per heavy atom. The van der Waals surface area contributed by atoms with Crippen molar-refractivity contribution < 1.29 is 9.53 Å². The minimum atomic E-state index is 0. The van der Waals surface area contributed by atoms with Crippen LogP contribution in [0.3, 0.4) is 0 Å². The minimum Gasteiger partial charge on any atom is -0.372 e. The molecule has 1 aromatic heterocycles. The first-order valence-corrected chi connectivity index (χ1v) is 9.54. The largest absolute Gasteiger partial charge is 0.372 e. The molecule has 1 unspecified atom stereocenters. The van der Waals surface area contributed by atoms with Gasteiger partial charge in [-0.15, -0.1) is 36.2 Å². The molecule has 5 nitrogen and oxygen atoms in total. The van der Waals surface area contributed by atoms with Crippen molar-refractivity contribution in [1.82, 2.24) is 15.2 Å². The predicted octanol–water partition coefficient (Wildman–Crippen LogP) is 3.23. The van der Waals surface area contributed by atoms with E-state index in [-0.39, 0.29) is 36.8 Å². The molecule has 1 aromatic rings. The second kappa shape index (κ2) is 10.1. The number of carbonyl (C=O) groups excluding carboxylic acids is 1. The molecule has 0 saturated carbocycles. The molecule has 3 heterocycles. The normalized spacial score (nSPS) is 20.0. The van der Waals surface area contributed by atoms with Gasteiger partial charge < -0.3 is 15.0 Å². The molecule has 2 saturated heterocycles. The van der Waals surface area contributed by atoms with Gasteiger partial charge in [-0.25, -0.2) is 4.98 Å². The highest BCUT2D eigenvalue weighted by atomic mass is 35.5. The van der Waals surface area contributed by atoms with Crippen molar-refractivity contribution in [3.05, 3.63) is 16.1 Å². The van der Waals surface area contributed by atoms with E-state index in [0.717, 1.165) is 49.7 Å². The molecule has 8 heteroatoms. The van der Waals surface area contributed by atoms with E-state index in [0.29, 0.717) is 18.4 Å². The Hall–Kier alpha value is -0.400. The average molecular weight is 410 g/mol. The third kappa shape index (κ3) is 5.54. The monoisotopic (exact) mass is 409 g/mol. The maximum absolute atomic E-state index is 12.5. The van der Waals surface area contributed by atoms with E-state index in [2.05, 4.69) is 10.3 Å². The number of hydrogen-bond donors (Lipinski definition) is 1. The molecule has 1 amide bonds. The summed E-state index contributed by atoms with van der Waals surface area (Å²) in [6.07, 6.45) is 3.96. The van der Waals surface area contributed by atoms with Crippen LogP contribution < -0.4 is 5.32 Å². The highest BCUT2D eigenvalue weighted by Crippen LogP contribution is 2.37. The summed E-state index contributed by atoms with van der Waals surface area (Å²) in [7, 11) is 0. The van der Waals surface area contributed by atoms with E-state index < -0.39 is 0 Å². The molecule has 1 atom stereocenters. The zero-order valence-electron chi connectivity index (χ0n) is 15.0. The highest BCUT2D eigenvalue weighted by Gasteiger charge is 2.38. The molecule has 25 heavy (non-hydrogen) atoms. The van der Waals surface area contributed by atoms with Crippen LogP contribution in [0, 0.1) is 5.41 Å². The molecule has 144 valence electrons. The van der Waals surface area contributed by atoms with Gasteiger partial charge in [0.1, 0.15) is 11.1 Å². The van der Waals surface area contributed by atoms with Crippen molar-refractivity contribution in [2.75, 3.05) is 32.8 Å². The van der Waals surface area contributed by atoms with Crippen LogP contribution in [0.2, 0.25) is 0 Å². The summed E-state index contributed by atoms with van der Waals surface area (Å²) in [5, 5.41) is 6.42. The first-order chi connectivity index (χ1) is 11.1. The molecule has 1 N–H and O–H groups in total. The van der Waals surface area contributed by atoms with Gasteiger partial charge in [0, 0.05) is 31.6 Å². The first-order valence-electron chi connectivity index (χ1n) is 8.66. The van der Waals surface area contributed by atoms with Gasteiger partial charge in [0.2, 0.25) is 5.91 Å². The Bertz CT molecular complexity index is 540. The van der Waals surface area contributed by atoms with Crippen LogP contribution in [0.25, 0.3) is 0 Å². The molecule has 0 radical (unpaired) electrons. The Morgan fingerprint density at radius 3 is 2.72 bits per heavy atom. The number of ether oxygens (including phenoxy) is 1. The van der Waals surface area contributed by atoms with Gasteiger partial charge in [-0.1, -0.05) is 0 Å². The average Bonchev–Trinajstić information content (AvgIpc) is 3.18. The fourth-order valence-corrected chi connectivity index (χ4v) is 4.45. The van der Waals surface area contributed by atoms with Crippen LogP contribution >= 0.6 is 36.2 Å². The lowest BCUT2D eigenvalue weighted by molar-refractivity contribution is -0.132. The van der Waals surface area contributed by atoms with Gasteiger partial charge in [-0.3, -0.25) is 4.79 Å². The third-order valence-corrected chi connectivity index (χ3v) is 6.23. The van der Waals surface area contributed by atoms with Crippen molar-refractivity contribution in [2.24, 2.45) is 5.41 Å². The maximum Gasteiger partial charge on any atom is 0.228 e. The van der Waals surface area contributed by atoms with E-state index in [1.165, 1.54) is 6.42 Å². The summed E-state index contributed by atoms with van der Waals surface area (Å²) >= 11 is 1.59. The number of carbonyl (C=O) groups is 1. The van der Waals surface area contributed by atoms with Gasteiger partial charge >= 0.3 is 0 Å². The fraction of sp³-hybridized carbons (Fsp3) is 0.765. The Labute approximate surface area is 166 Å². The second-order valence-corrected chi connectivity index (χ2v) is 7.65. The van der Waals surface area contributed by atoms with Crippen molar-refractivity contribution in [2.45, 2.75) is 45.6 Å². The molecular formula is C17H29Cl2N3O2S. The van der Waals surface area contributed by atoms with Gasteiger partial charge in [0.05, 0.1) is 12.1 Å². The molecule has 2 aliphatic rings. The van der Waals surface area contributed by atoms with Crippen molar-refractivity contribution in [3.63, 3.8) is 0 Å². The topological polar surface area (TPSA) is 54.5 Å². The molecule has 0 aromatic carbocycles. The number of thiazole rings is 1. The molecular weight excluding hydrogens is 381 g/mol. The number of rotatable bonds is 5. The van der Waals surface area contributed by atoms with E-state index in [1.54, 1.807) is 11.3 Å². The van der Waals surface area contributed by atoms with E-state index in [4.69, 9.17) is 4.74 Å². The number of nitrogens with one attached hydrogen (secondary N) is 1. The standard InChI is InChI=1S/C17H27N3O2S.2ClH/c1-3-22-13(2)16-19-14(11-23-16)10-15(21)20-8-5-17(6-9-20)4-7-18-12-17;;/h11,13,18H,3-10,12H2,1-2H3;2*1H. The Morgan fingerprint density at radius 2 is 2.12 bits per heavy atom. The highest BCUT2D eigenvalue weighted by molar-refractivity contribution is 7.09. The number of amides is 1. The van der Waals surface area contributed by atoms with Gasteiger partial charge in [0.15, 0.2) is 0 Å². The molecule has 0 bridgehead atoms. The molecule has 2 fully saturated rings. The summed E-state index contributed by atoms with van der Waals surface area (Å²) in [4.78, 5) is 19.1. The molecule has 3 rings (SSSR count). The third-order valence-electron chi connectivity index (χ3n) is 5.18. The summed E-state index contributed by atoms with van der Waals surface area (Å²) in [5.74, 6) is 0.215. The van der Waals surface area contributed by atoms with Crippen LogP contribution in [0.15, 0.2) is 5.38 Å². The van der Waals surface area contributed by atoms with E-state index in [9.17, 15) is 4.79 Å². The number of halogens is 2. The van der Waals surface area contributed by atoms with Crippen molar-refractivity contribution in [3.8, 4) is 0 Å². The predicted molar refractivity (Wildman–Crippen MR) is 106 cm³/mol. The zero-order valence-corrected chi connectivity index (χ0v) is 17.4. The summed E-state index contributed by atoms with van der Waals surface area (Å²) in [5.41, 5.74) is 1.33. The Balaban J connectivity index is 0.00000156. The van der Waals surface area contributed by atoms with Crippen LogP contribution in [0.5, 0.6) is 0 Å². The molecule has 1 spiro atoms. The van der Waals surface area contributed by atoms with Crippen LogP contribution in [0.1, 0.15) is 49.9 Å². The lowest BCUT2D eigenvalue weighted by Gasteiger charge is -2.38. The number of nitrogens with zero attached hydrogens (tertiary/aromatic N) is 2. The zero-order chi connectivity index (χ0) is 16.3. The number of piperidine rings is 1. The number of hydrogen-bond acceptors (Lipinski definition) is 5. The van der Waals surface area contributed by atoms with Gasteiger partial charge in [0.25, 0.3) is 0 Å². The SMILES string of the molecule is CCOC(C)c1nc(CC(=O)N2CCC3(CCNC3)CC2)cs1.Cl.Cl. The quantitative estimate of drug-likeness (QED) is 0.810. The van der Waals surface area contributed by atoms with Crippen LogP contribution in [-0.4, -0.2) is 48.6 Å². The van der Waals surface area contributed by atoms with Gasteiger partial charge in [-0.2, -0.15) is 0 Å². The fourth-order valence-electron chi connectivity index (χ4n) is 3.63. The van der Waals surface area contributed by atoms with Crippen LogP contribution in [-0.2, 0) is 16.0 Å². The number of likely N-dealkylation sites (tertiary alicyclic amines) is 1. The smallest absolute Gasteiger partial charge is 0.228 e. The van der Waals surface area contributed by atoms with E-state index >= 15 is 0 Å². The summed E-state index contributed by atoms with van der Waals surface area (Å²) < 4.78 is 5.56. The maximum atomic E-state index is 12.5. The van der Waals surface area contributed by atoms with Crippen molar-refractivity contribution in [1.29, 1.82) is 0 Å². The summed E-state index contributed by atoms with van der Waals surface area (Å²) in [6, 6.07) is 0. The summed E-state index contributed by atoms with van der Waals surface area (Å²) in [6.45, 7) is 8.72. The van der Waals surface area contributed by atoms with E-state index in [1.807, 2.05) is 24.1 Å². The molecule has 2 aliphatic heterocycles. The lowest BCUT2D eigenvalue weighted by atomic mass is 9.78. The minimum absolute atomic E-state index is 0. The lowest BCUT2D eigenvalue weighted by Crippen LogP contribution is -2.44. The van der Waals surface area contributed by atoms with Crippen LogP contribution in [0.4, 0.5) is 0 Å². The first kappa shape index (κ1) is 22.6. The Kier molecular flexibility index (Phi) is 9.12. The van der Waals surface area contributed by atoms with Gasteiger partial charge in [-0.05, 0) is 45.1 Å².